The first kappa shape index (κ1) is 17.5. The predicted molar refractivity (Wildman–Crippen MR) is 96.5 cm³/mol. The van der Waals surface area contributed by atoms with Crippen LogP contribution < -0.4 is 0 Å². The number of hydrogen-bond acceptors (Lipinski definition) is 2. The predicted octanol–water partition coefficient (Wildman–Crippen LogP) is 3.60. The number of aliphatic hydroxyl groups excluding tert-OH is 1. The molecule has 1 atom stereocenters. The number of nitrogens with zero attached hydrogens (tertiary/aromatic N) is 2. The Balaban J connectivity index is 2.10. The number of aryl methyl sites for hydroxylation is 1. The van der Waals surface area contributed by atoms with Crippen molar-refractivity contribution in [2.75, 3.05) is 13.1 Å². The quantitative estimate of drug-likeness (QED) is 0.717. The van der Waals surface area contributed by atoms with Crippen molar-refractivity contribution < 1.29 is 5.11 Å². The van der Waals surface area contributed by atoms with E-state index in [9.17, 15) is 5.11 Å². The summed E-state index contributed by atoms with van der Waals surface area (Å²) in [6, 6.07) is 12.8. The van der Waals surface area contributed by atoms with E-state index in [1.165, 1.54) is 16.8 Å². The van der Waals surface area contributed by atoms with Gasteiger partial charge in [0.2, 0.25) is 0 Å². The molecule has 2 rings (SSSR count). The van der Waals surface area contributed by atoms with E-state index in [2.05, 4.69) is 65.6 Å². The van der Waals surface area contributed by atoms with Gasteiger partial charge in [0.05, 0.1) is 6.10 Å². The average Bonchev–Trinajstić information content (AvgIpc) is 2.96. The largest absolute Gasteiger partial charge is 0.392 e. The Morgan fingerprint density at radius 1 is 1.26 bits per heavy atom. The maximum atomic E-state index is 9.94. The van der Waals surface area contributed by atoms with Gasteiger partial charge in [0, 0.05) is 38.1 Å². The van der Waals surface area contributed by atoms with Crippen LogP contribution in [0.25, 0.3) is 0 Å². The number of rotatable bonds is 9. The molecule has 0 saturated heterocycles. The van der Waals surface area contributed by atoms with Gasteiger partial charge in [0.25, 0.3) is 0 Å². The van der Waals surface area contributed by atoms with Gasteiger partial charge in [-0.25, -0.2) is 0 Å². The first-order valence-electron chi connectivity index (χ1n) is 8.33. The fourth-order valence-corrected chi connectivity index (χ4v) is 2.76. The number of aromatic nitrogens is 1. The average molecular weight is 312 g/mol. The molecule has 0 radical (unpaired) electrons. The third kappa shape index (κ3) is 5.08. The summed E-state index contributed by atoms with van der Waals surface area (Å²) < 4.78 is 2.29. The standard InChI is InChI=1S/C20H28N2O/c1-4-12-21(16-20(23)5-2)15-19-11-8-13-22(19)14-18-10-7-6-9-17(18)3/h4,6-11,13,20,23H,1,5,12,14-16H2,2-3H3/t20-/m1/s1. The van der Waals surface area contributed by atoms with Crippen molar-refractivity contribution in [1.82, 2.24) is 9.47 Å². The molecule has 1 heterocycles. The van der Waals surface area contributed by atoms with Crippen LogP contribution in [0.2, 0.25) is 0 Å². The number of aliphatic hydroxyl groups is 1. The summed E-state index contributed by atoms with van der Waals surface area (Å²) in [4.78, 5) is 2.24. The molecular formula is C20H28N2O. The molecule has 1 aromatic carbocycles. The molecule has 3 nitrogen and oxygen atoms in total. The minimum atomic E-state index is -0.283. The van der Waals surface area contributed by atoms with Crippen LogP contribution in [-0.4, -0.2) is 33.8 Å². The fraction of sp³-hybridized carbons (Fsp3) is 0.400. The first-order chi connectivity index (χ1) is 11.1. The molecular weight excluding hydrogens is 284 g/mol. The smallest absolute Gasteiger partial charge is 0.0664 e. The molecule has 0 aliphatic heterocycles. The van der Waals surface area contributed by atoms with Crippen LogP contribution in [0.3, 0.4) is 0 Å². The van der Waals surface area contributed by atoms with Gasteiger partial charge in [-0.1, -0.05) is 37.3 Å². The molecule has 124 valence electrons. The molecule has 0 unspecified atom stereocenters. The molecule has 0 fully saturated rings. The van der Waals surface area contributed by atoms with Gasteiger partial charge in [-0.15, -0.1) is 6.58 Å². The summed E-state index contributed by atoms with van der Waals surface area (Å²) in [6.45, 7) is 11.2. The van der Waals surface area contributed by atoms with E-state index >= 15 is 0 Å². The van der Waals surface area contributed by atoms with Gasteiger partial charge in [-0.3, -0.25) is 4.90 Å². The minimum Gasteiger partial charge on any atom is -0.392 e. The highest BCUT2D eigenvalue weighted by Crippen LogP contribution is 2.14. The SMILES string of the molecule is C=CCN(Cc1cccn1Cc1ccccc1C)C[C@H](O)CC. The van der Waals surface area contributed by atoms with Crippen molar-refractivity contribution in [2.24, 2.45) is 0 Å². The van der Waals surface area contributed by atoms with Crippen LogP contribution in [-0.2, 0) is 13.1 Å². The first-order valence-corrected chi connectivity index (χ1v) is 8.33. The number of benzene rings is 1. The van der Waals surface area contributed by atoms with Crippen LogP contribution in [0.15, 0.2) is 55.3 Å². The van der Waals surface area contributed by atoms with Gasteiger partial charge < -0.3 is 9.67 Å². The van der Waals surface area contributed by atoms with Gasteiger partial charge in [0.15, 0.2) is 0 Å². The lowest BCUT2D eigenvalue weighted by Crippen LogP contribution is -2.32. The zero-order valence-electron chi connectivity index (χ0n) is 14.3. The minimum absolute atomic E-state index is 0.283. The number of hydrogen-bond donors (Lipinski definition) is 1. The zero-order chi connectivity index (χ0) is 16.7. The molecule has 0 spiro atoms. The molecule has 3 heteroatoms. The molecule has 23 heavy (non-hydrogen) atoms. The molecule has 0 bridgehead atoms. The Morgan fingerprint density at radius 3 is 2.74 bits per heavy atom. The highest BCUT2D eigenvalue weighted by atomic mass is 16.3. The molecule has 2 aromatic rings. The topological polar surface area (TPSA) is 28.4 Å². The van der Waals surface area contributed by atoms with E-state index in [-0.39, 0.29) is 6.10 Å². The van der Waals surface area contributed by atoms with Crippen molar-refractivity contribution in [2.45, 2.75) is 39.5 Å². The van der Waals surface area contributed by atoms with E-state index < -0.39 is 0 Å². The summed E-state index contributed by atoms with van der Waals surface area (Å²) in [5.41, 5.74) is 3.92. The van der Waals surface area contributed by atoms with Crippen molar-refractivity contribution in [3.8, 4) is 0 Å². The second-order valence-corrected chi connectivity index (χ2v) is 6.10. The molecule has 0 aliphatic carbocycles. The lowest BCUT2D eigenvalue weighted by atomic mass is 10.1. The Labute approximate surface area is 139 Å². The van der Waals surface area contributed by atoms with E-state index in [1.807, 2.05) is 13.0 Å². The van der Waals surface area contributed by atoms with Crippen LogP contribution in [0.4, 0.5) is 0 Å². The Bertz CT molecular complexity index is 618. The highest BCUT2D eigenvalue weighted by molar-refractivity contribution is 5.26. The van der Waals surface area contributed by atoms with Crippen molar-refractivity contribution >= 4 is 0 Å². The van der Waals surface area contributed by atoms with Crippen LogP contribution >= 0.6 is 0 Å². The summed E-state index contributed by atoms with van der Waals surface area (Å²) in [7, 11) is 0. The Hall–Kier alpha value is -1.84. The second-order valence-electron chi connectivity index (χ2n) is 6.10. The van der Waals surface area contributed by atoms with Crippen LogP contribution in [0.5, 0.6) is 0 Å². The normalized spacial score (nSPS) is 12.5. The van der Waals surface area contributed by atoms with Crippen molar-refractivity contribution in [3.63, 3.8) is 0 Å². The van der Waals surface area contributed by atoms with Gasteiger partial charge in [0.1, 0.15) is 0 Å². The molecule has 0 saturated carbocycles. The van der Waals surface area contributed by atoms with Gasteiger partial charge >= 0.3 is 0 Å². The van der Waals surface area contributed by atoms with Crippen molar-refractivity contribution in [3.05, 3.63) is 72.1 Å². The molecule has 1 aromatic heterocycles. The van der Waals surface area contributed by atoms with Crippen LogP contribution in [0.1, 0.15) is 30.2 Å². The van der Waals surface area contributed by atoms with E-state index in [4.69, 9.17) is 0 Å². The Morgan fingerprint density at radius 2 is 2.04 bits per heavy atom. The summed E-state index contributed by atoms with van der Waals surface area (Å²) in [5, 5.41) is 9.94. The van der Waals surface area contributed by atoms with Gasteiger partial charge in [-0.05, 0) is 36.6 Å². The third-order valence-corrected chi connectivity index (χ3v) is 4.24. The summed E-state index contributed by atoms with van der Waals surface area (Å²) >= 11 is 0. The zero-order valence-corrected chi connectivity index (χ0v) is 14.3. The molecule has 0 aliphatic rings. The Kier molecular flexibility index (Phi) is 6.63. The lowest BCUT2D eigenvalue weighted by Gasteiger charge is -2.24. The summed E-state index contributed by atoms with van der Waals surface area (Å²) in [6.07, 6.45) is 4.52. The maximum absolute atomic E-state index is 9.94. The molecule has 0 amide bonds. The molecule has 1 N–H and O–H groups in total. The lowest BCUT2D eigenvalue weighted by molar-refractivity contribution is 0.111. The fourth-order valence-electron chi connectivity index (χ4n) is 2.76. The second kappa shape index (κ2) is 8.70. The van der Waals surface area contributed by atoms with E-state index in [1.54, 1.807) is 0 Å². The monoisotopic (exact) mass is 312 g/mol. The van der Waals surface area contributed by atoms with E-state index in [0.717, 1.165) is 26.1 Å². The maximum Gasteiger partial charge on any atom is 0.0664 e. The third-order valence-electron chi connectivity index (χ3n) is 4.24. The van der Waals surface area contributed by atoms with Crippen molar-refractivity contribution in [1.29, 1.82) is 0 Å². The highest BCUT2D eigenvalue weighted by Gasteiger charge is 2.12. The van der Waals surface area contributed by atoms with E-state index in [0.29, 0.717) is 6.54 Å². The van der Waals surface area contributed by atoms with Gasteiger partial charge in [-0.2, -0.15) is 0 Å². The summed E-state index contributed by atoms with van der Waals surface area (Å²) in [5.74, 6) is 0. The van der Waals surface area contributed by atoms with Crippen LogP contribution in [0, 0.1) is 6.92 Å².